The third-order valence-electron chi connectivity index (χ3n) is 2.80. The predicted octanol–water partition coefficient (Wildman–Crippen LogP) is 2.10. The second kappa shape index (κ2) is 20.2. The van der Waals surface area contributed by atoms with E-state index >= 15 is 0 Å². The first kappa shape index (κ1) is 22.5. The fourth-order valence-corrected chi connectivity index (χ4v) is 1.43. The summed E-state index contributed by atoms with van der Waals surface area (Å²) >= 11 is 0. The Morgan fingerprint density at radius 3 is 0.656 bits per heavy atom. The van der Waals surface area contributed by atoms with Crippen molar-refractivity contribution in [2.45, 2.75) is 0 Å². The molecule has 32 heavy (non-hydrogen) atoms. The van der Waals surface area contributed by atoms with Gasteiger partial charge in [0, 0.05) is 104 Å². The zero-order chi connectivity index (χ0) is 25.6. The van der Waals surface area contributed by atoms with E-state index in [9.17, 15) is 0 Å². The summed E-state index contributed by atoms with van der Waals surface area (Å²) in [6, 6.07) is 0. The van der Waals surface area contributed by atoms with Gasteiger partial charge >= 0.3 is 39.0 Å². The number of hydrogen-bond donors (Lipinski definition) is 0. The third kappa shape index (κ3) is 18.1. The Morgan fingerprint density at radius 2 is 0.594 bits per heavy atom. The molecule has 0 saturated carbocycles. The van der Waals surface area contributed by atoms with Crippen LogP contribution in [-0.2, 0) is 74.1 Å². The molecule has 0 fully saturated rings. The van der Waals surface area contributed by atoms with Crippen molar-refractivity contribution in [2.24, 2.45) is 35.1 Å². The summed E-state index contributed by atoms with van der Waals surface area (Å²) in [4.78, 5) is 18.7. The molecule has 5 aromatic rings. The van der Waals surface area contributed by atoms with Crippen LogP contribution >= 0.6 is 0 Å². The molecule has 10 nitrogen and oxygen atoms in total. The molecule has 0 unspecified atom stereocenters. The van der Waals surface area contributed by atoms with Gasteiger partial charge in [-0.15, -0.1) is 0 Å². The minimum Gasteiger partial charge on any atom is -0.341 e. The SMILES string of the molecule is [3H]Cn1ccnc1.[3H]Cn1ccnc1.[3H]Cn1ccnc1.[3H]Cn1ccnc1.[3H]Cn1ccnc1.[Zn+2].[Zn+2]. The van der Waals surface area contributed by atoms with Crippen molar-refractivity contribution < 1.29 is 45.8 Å². The number of nitrogens with zero attached hydrogens (tertiary/aromatic N) is 10. The molecule has 0 spiro atoms. The van der Waals surface area contributed by atoms with Crippen LogP contribution in [0.15, 0.2) is 93.6 Å². The summed E-state index contributed by atoms with van der Waals surface area (Å²) in [6.07, 6.45) is 25.2. The van der Waals surface area contributed by atoms with Gasteiger partial charge in [-0.1, -0.05) is 0 Å². The first-order valence-electron chi connectivity index (χ1n) is 11.9. The Balaban J connectivity index is 0. The Labute approximate surface area is 221 Å². The summed E-state index contributed by atoms with van der Waals surface area (Å²) in [6.45, 7) is 0. The third-order valence-corrected chi connectivity index (χ3v) is 2.80. The number of rotatable bonds is 0. The maximum absolute atomic E-state index is 6.78. The largest absolute Gasteiger partial charge is 2.00 e. The van der Waals surface area contributed by atoms with Gasteiger partial charge in [-0.3, -0.25) is 0 Å². The fourth-order valence-electron chi connectivity index (χ4n) is 1.43. The molecule has 0 aliphatic heterocycles. The standard InChI is InChI=1S/5C4H6N2.2Zn/c5*1-6-3-2-5-4-6;;/h5*2-4H,1H3;;/q;;;;;2*+2/i5*1T;;. The van der Waals surface area contributed by atoms with Crippen LogP contribution < -0.4 is 0 Å². The minimum absolute atomic E-state index is 0. The zero-order valence-electron chi connectivity index (χ0n) is 23.1. The Kier molecular flexibility index (Phi) is 14.2. The molecule has 0 aliphatic rings. The average Bonchev–Trinajstić information content (AvgIpc) is 3.77. The van der Waals surface area contributed by atoms with Gasteiger partial charge in [-0.25, -0.2) is 24.9 Å². The molecule has 5 aromatic heterocycles. The zero-order valence-corrected chi connectivity index (χ0v) is 24.0. The normalized spacial score (nSPS) is 10.3. The van der Waals surface area contributed by atoms with Gasteiger partial charge < -0.3 is 22.8 Å². The van der Waals surface area contributed by atoms with Crippen LogP contribution in [0.25, 0.3) is 0 Å². The Morgan fingerprint density at radius 1 is 0.406 bits per heavy atom. The average molecular weight is 551 g/mol. The molecule has 0 aliphatic carbocycles. The van der Waals surface area contributed by atoms with Crippen LogP contribution in [0.1, 0.15) is 6.85 Å². The van der Waals surface area contributed by atoms with Crippen LogP contribution in [0.2, 0.25) is 0 Å². The second-order valence-corrected chi connectivity index (χ2v) is 5.38. The molecule has 0 saturated heterocycles. The van der Waals surface area contributed by atoms with E-state index in [0.717, 1.165) is 0 Å². The Hall–Kier alpha value is -2.70. The van der Waals surface area contributed by atoms with Gasteiger partial charge in [-0.05, 0) is 0 Å². The van der Waals surface area contributed by atoms with E-state index in [1.54, 1.807) is 116 Å². The van der Waals surface area contributed by atoms with E-state index < -0.39 is 0 Å². The van der Waals surface area contributed by atoms with E-state index in [1.807, 2.05) is 0 Å². The van der Waals surface area contributed by atoms with Gasteiger partial charge in [0.25, 0.3) is 0 Å². The van der Waals surface area contributed by atoms with Gasteiger partial charge in [-0.2, -0.15) is 0 Å². The van der Waals surface area contributed by atoms with Gasteiger partial charge in [0.15, 0.2) is 0 Å². The van der Waals surface area contributed by atoms with Crippen molar-refractivity contribution in [3.63, 3.8) is 0 Å². The molecule has 0 atom stereocenters. The van der Waals surface area contributed by atoms with Gasteiger partial charge in [0.1, 0.15) is 0 Å². The summed E-state index contributed by atoms with van der Waals surface area (Å²) in [5.74, 6) is 0. The molecule has 12 heteroatoms. The van der Waals surface area contributed by atoms with Crippen LogP contribution in [0.4, 0.5) is 0 Å². The summed E-state index contributed by atoms with van der Waals surface area (Å²) in [5, 5.41) is 0. The number of hydrogen-bond acceptors (Lipinski definition) is 5. The molecule has 5 rings (SSSR count). The Bertz CT molecular complexity index is 831. The summed E-state index contributed by atoms with van der Waals surface area (Å²) in [7, 11) is 1.32. The van der Waals surface area contributed by atoms with E-state index in [0.29, 0.717) is 0 Å². The monoisotopic (exact) mass is 548 g/mol. The van der Waals surface area contributed by atoms with Crippen LogP contribution in [0.3, 0.4) is 0 Å². The first-order valence-corrected chi connectivity index (χ1v) is 8.41. The van der Waals surface area contributed by atoms with Crippen molar-refractivity contribution in [1.29, 1.82) is 0 Å². The van der Waals surface area contributed by atoms with Crippen LogP contribution in [-0.4, -0.2) is 47.8 Å². The predicted molar refractivity (Wildman–Crippen MR) is 116 cm³/mol. The van der Waals surface area contributed by atoms with Crippen LogP contribution in [0.5, 0.6) is 0 Å². The molecule has 0 amide bonds. The van der Waals surface area contributed by atoms with E-state index in [-0.39, 0.29) is 74.1 Å². The number of aryl methyl sites for hydroxylation is 5. The molecule has 0 N–H and O–H groups in total. The quantitative estimate of drug-likeness (QED) is 0.275. The minimum atomic E-state index is 0. The first-order chi connectivity index (χ1) is 17.2. The molecule has 5 heterocycles. The number of aromatic nitrogens is 10. The molecule has 0 radical (unpaired) electrons. The van der Waals surface area contributed by atoms with E-state index in [2.05, 4.69) is 24.9 Å². The van der Waals surface area contributed by atoms with Crippen molar-refractivity contribution >= 4 is 0 Å². The van der Waals surface area contributed by atoms with Gasteiger partial charge in [0.2, 0.25) is 0 Å². The maximum Gasteiger partial charge on any atom is 2.00 e. The molecular weight excluding hydrogens is 511 g/mol. The van der Waals surface area contributed by atoms with Gasteiger partial charge in [0.05, 0.1) is 31.6 Å². The van der Waals surface area contributed by atoms with Crippen molar-refractivity contribution in [1.82, 2.24) is 47.8 Å². The molecular formula is C20H30N10Zn2+4. The second-order valence-electron chi connectivity index (χ2n) is 5.38. The van der Waals surface area contributed by atoms with E-state index in [4.69, 9.17) is 6.85 Å². The van der Waals surface area contributed by atoms with Crippen molar-refractivity contribution in [2.75, 3.05) is 0 Å². The van der Waals surface area contributed by atoms with Crippen LogP contribution in [0, 0.1) is 0 Å². The smallest absolute Gasteiger partial charge is 0.341 e. The van der Waals surface area contributed by atoms with E-state index in [1.165, 1.54) is 0 Å². The maximum atomic E-state index is 6.78. The van der Waals surface area contributed by atoms with Crippen molar-refractivity contribution in [3.05, 3.63) is 93.6 Å². The summed E-state index contributed by atoms with van der Waals surface area (Å²) in [5.41, 5.74) is 0. The fraction of sp³-hybridized carbons (Fsp3) is 0.250. The summed E-state index contributed by atoms with van der Waals surface area (Å²) < 4.78 is 42.3. The molecule has 160 valence electrons. The number of imidazole rings is 5. The molecule has 0 bridgehead atoms. The molecule has 0 aromatic carbocycles. The topological polar surface area (TPSA) is 89.1 Å². The van der Waals surface area contributed by atoms with Crippen molar-refractivity contribution in [3.8, 4) is 0 Å².